The molecule has 0 saturated heterocycles. The summed E-state index contributed by atoms with van der Waals surface area (Å²) in [7, 11) is 0. The second-order valence-corrected chi connectivity index (χ2v) is 4.79. The fraction of sp³-hybridized carbons (Fsp3) is 0.769. The number of urea groups is 1. The molecule has 2 atom stereocenters. The van der Waals surface area contributed by atoms with Gasteiger partial charge in [-0.3, -0.25) is 9.59 Å². The summed E-state index contributed by atoms with van der Waals surface area (Å²) in [5, 5.41) is 16.5. The van der Waals surface area contributed by atoms with Crippen molar-refractivity contribution in [3.63, 3.8) is 0 Å². The number of carboxylic acid groups (broad SMARTS) is 1. The van der Waals surface area contributed by atoms with Crippen molar-refractivity contribution in [2.75, 3.05) is 13.1 Å². The van der Waals surface area contributed by atoms with Crippen LogP contribution in [0, 0.1) is 5.92 Å². The molecule has 0 aromatic carbocycles. The van der Waals surface area contributed by atoms with Crippen LogP contribution in [0.15, 0.2) is 0 Å². The van der Waals surface area contributed by atoms with Gasteiger partial charge in [-0.25, -0.2) is 4.79 Å². The summed E-state index contributed by atoms with van der Waals surface area (Å²) in [5.41, 5.74) is 0. The van der Waals surface area contributed by atoms with Crippen LogP contribution in [0.2, 0.25) is 0 Å². The van der Waals surface area contributed by atoms with Gasteiger partial charge in [0.15, 0.2) is 0 Å². The Kier molecular flexibility index (Phi) is 9.15. The van der Waals surface area contributed by atoms with Crippen LogP contribution in [0.25, 0.3) is 0 Å². The van der Waals surface area contributed by atoms with Gasteiger partial charge in [0.1, 0.15) is 6.04 Å². The Hall–Kier alpha value is -1.79. The first-order valence-corrected chi connectivity index (χ1v) is 6.93. The molecule has 0 aromatic rings. The summed E-state index contributed by atoms with van der Waals surface area (Å²) < 4.78 is 0. The van der Waals surface area contributed by atoms with Gasteiger partial charge in [0.25, 0.3) is 0 Å². The lowest BCUT2D eigenvalue weighted by atomic mass is 10.1. The molecule has 3 amide bonds. The molecule has 0 aromatic heterocycles. The quantitative estimate of drug-likeness (QED) is 0.468. The first-order valence-electron chi connectivity index (χ1n) is 6.93. The van der Waals surface area contributed by atoms with Crippen molar-refractivity contribution in [2.45, 2.75) is 46.1 Å². The standard InChI is InChI=1S/C13H25N3O4/c1-4-7-14-11(17)10(3)16-13(20)15-8-5-6-9(2)12(18)19/h9-10H,4-8H2,1-3H3,(H,14,17)(H,18,19)(H2,15,16,20). The van der Waals surface area contributed by atoms with Crippen molar-refractivity contribution < 1.29 is 19.5 Å². The van der Waals surface area contributed by atoms with Crippen molar-refractivity contribution in [2.24, 2.45) is 5.92 Å². The van der Waals surface area contributed by atoms with E-state index in [1.165, 1.54) is 0 Å². The Morgan fingerprint density at radius 1 is 1.10 bits per heavy atom. The Labute approximate surface area is 119 Å². The highest BCUT2D eigenvalue weighted by Crippen LogP contribution is 2.03. The van der Waals surface area contributed by atoms with Gasteiger partial charge in [0, 0.05) is 13.1 Å². The molecule has 2 unspecified atom stereocenters. The van der Waals surface area contributed by atoms with Crippen LogP contribution in [-0.4, -0.2) is 42.1 Å². The molecule has 4 N–H and O–H groups in total. The van der Waals surface area contributed by atoms with E-state index in [-0.39, 0.29) is 5.91 Å². The number of carbonyl (C=O) groups excluding carboxylic acids is 2. The van der Waals surface area contributed by atoms with Crippen molar-refractivity contribution in [1.82, 2.24) is 16.0 Å². The molecule has 0 radical (unpaired) electrons. The molecular formula is C13H25N3O4. The van der Waals surface area contributed by atoms with E-state index in [9.17, 15) is 14.4 Å². The van der Waals surface area contributed by atoms with E-state index in [0.717, 1.165) is 6.42 Å². The van der Waals surface area contributed by atoms with Crippen LogP contribution in [0.5, 0.6) is 0 Å². The van der Waals surface area contributed by atoms with Crippen LogP contribution >= 0.6 is 0 Å². The number of hydrogen-bond acceptors (Lipinski definition) is 3. The number of amides is 3. The van der Waals surface area contributed by atoms with Crippen molar-refractivity contribution in [3.8, 4) is 0 Å². The van der Waals surface area contributed by atoms with E-state index in [0.29, 0.717) is 25.9 Å². The normalized spacial score (nSPS) is 13.2. The summed E-state index contributed by atoms with van der Waals surface area (Å²) in [4.78, 5) is 33.6. The monoisotopic (exact) mass is 287 g/mol. The zero-order chi connectivity index (χ0) is 15.5. The van der Waals surface area contributed by atoms with Gasteiger partial charge in [-0.05, 0) is 26.2 Å². The lowest BCUT2D eigenvalue weighted by Crippen LogP contribution is -2.48. The van der Waals surface area contributed by atoms with E-state index >= 15 is 0 Å². The van der Waals surface area contributed by atoms with Gasteiger partial charge in [-0.1, -0.05) is 13.8 Å². The molecule has 0 spiro atoms. The lowest BCUT2D eigenvalue weighted by molar-refractivity contribution is -0.141. The minimum atomic E-state index is -0.837. The second kappa shape index (κ2) is 10.1. The van der Waals surface area contributed by atoms with Gasteiger partial charge in [0.05, 0.1) is 5.92 Å². The summed E-state index contributed by atoms with van der Waals surface area (Å²) >= 11 is 0. The summed E-state index contributed by atoms with van der Waals surface area (Å²) in [5.74, 6) is -1.48. The Balaban J connectivity index is 3.77. The molecule has 0 rings (SSSR count). The van der Waals surface area contributed by atoms with Crippen LogP contribution in [0.1, 0.15) is 40.0 Å². The van der Waals surface area contributed by atoms with Gasteiger partial charge in [-0.15, -0.1) is 0 Å². The number of hydrogen-bond donors (Lipinski definition) is 4. The molecule has 7 heteroatoms. The van der Waals surface area contributed by atoms with E-state index < -0.39 is 24.0 Å². The minimum Gasteiger partial charge on any atom is -0.481 e. The van der Waals surface area contributed by atoms with Crippen molar-refractivity contribution >= 4 is 17.9 Å². The molecule has 0 saturated carbocycles. The van der Waals surface area contributed by atoms with E-state index in [1.807, 2.05) is 6.92 Å². The zero-order valence-corrected chi connectivity index (χ0v) is 12.4. The molecule has 116 valence electrons. The highest BCUT2D eigenvalue weighted by molar-refractivity contribution is 5.86. The topological polar surface area (TPSA) is 108 Å². The number of aliphatic carboxylic acids is 1. The highest BCUT2D eigenvalue weighted by atomic mass is 16.4. The van der Waals surface area contributed by atoms with Gasteiger partial charge in [-0.2, -0.15) is 0 Å². The maximum atomic E-state index is 11.5. The van der Waals surface area contributed by atoms with Crippen molar-refractivity contribution in [1.29, 1.82) is 0 Å². The van der Waals surface area contributed by atoms with Crippen LogP contribution in [0.4, 0.5) is 4.79 Å². The predicted octanol–water partition coefficient (Wildman–Crippen LogP) is 0.701. The number of carbonyl (C=O) groups is 3. The Morgan fingerprint density at radius 2 is 1.75 bits per heavy atom. The first-order chi connectivity index (χ1) is 9.38. The summed E-state index contributed by atoms with van der Waals surface area (Å²) in [6.45, 7) is 6.15. The molecule has 20 heavy (non-hydrogen) atoms. The first kappa shape index (κ1) is 18.2. The third-order valence-electron chi connectivity index (χ3n) is 2.81. The third-order valence-corrected chi connectivity index (χ3v) is 2.81. The number of carboxylic acids is 1. The molecule has 0 bridgehead atoms. The molecule has 0 fully saturated rings. The second-order valence-electron chi connectivity index (χ2n) is 4.79. The predicted molar refractivity (Wildman–Crippen MR) is 75.3 cm³/mol. The average molecular weight is 287 g/mol. The molecule has 0 heterocycles. The molecule has 7 nitrogen and oxygen atoms in total. The smallest absolute Gasteiger partial charge is 0.315 e. The van der Waals surface area contributed by atoms with Gasteiger partial charge < -0.3 is 21.1 Å². The number of rotatable bonds is 9. The molecule has 0 aliphatic heterocycles. The third kappa shape index (κ3) is 8.34. The molecule has 0 aliphatic rings. The molecule has 0 aliphatic carbocycles. The van der Waals surface area contributed by atoms with E-state index in [2.05, 4.69) is 16.0 Å². The zero-order valence-electron chi connectivity index (χ0n) is 12.4. The maximum absolute atomic E-state index is 11.5. The summed E-state index contributed by atoms with van der Waals surface area (Å²) in [6, 6.07) is -1.02. The SMILES string of the molecule is CCCNC(=O)C(C)NC(=O)NCCCC(C)C(=O)O. The van der Waals surface area contributed by atoms with Gasteiger partial charge in [0.2, 0.25) is 5.91 Å². The summed E-state index contributed by atoms with van der Waals surface area (Å²) in [6.07, 6.45) is 1.92. The van der Waals surface area contributed by atoms with Crippen LogP contribution in [0.3, 0.4) is 0 Å². The van der Waals surface area contributed by atoms with E-state index in [4.69, 9.17) is 5.11 Å². The van der Waals surface area contributed by atoms with Gasteiger partial charge >= 0.3 is 12.0 Å². The number of nitrogens with one attached hydrogen (secondary N) is 3. The van der Waals surface area contributed by atoms with Crippen molar-refractivity contribution in [3.05, 3.63) is 0 Å². The fourth-order valence-corrected chi connectivity index (χ4v) is 1.45. The lowest BCUT2D eigenvalue weighted by Gasteiger charge is -2.14. The maximum Gasteiger partial charge on any atom is 0.315 e. The fourth-order valence-electron chi connectivity index (χ4n) is 1.45. The van der Waals surface area contributed by atoms with E-state index in [1.54, 1.807) is 13.8 Å². The Morgan fingerprint density at radius 3 is 2.30 bits per heavy atom. The largest absolute Gasteiger partial charge is 0.481 e. The Bertz CT molecular complexity index is 334. The van der Waals surface area contributed by atoms with Crippen LogP contribution < -0.4 is 16.0 Å². The molecular weight excluding hydrogens is 262 g/mol. The highest BCUT2D eigenvalue weighted by Gasteiger charge is 2.14. The average Bonchev–Trinajstić information content (AvgIpc) is 2.40. The van der Waals surface area contributed by atoms with Crippen LogP contribution in [-0.2, 0) is 9.59 Å². The minimum absolute atomic E-state index is 0.221.